The average Bonchev–Trinajstić information content (AvgIpc) is 2.85. The average molecular weight is 313 g/mol. The van der Waals surface area contributed by atoms with E-state index in [1.807, 2.05) is 32.2 Å². The fourth-order valence-electron chi connectivity index (χ4n) is 1.66. The second kappa shape index (κ2) is 5.14. The van der Waals surface area contributed by atoms with Crippen LogP contribution in [0.2, 0.25) is 0 Å². The highest BCUT2D eigenvalue weighted by Gasteiger charge is 2.14. The van der Waals surface area contributed by atoms with E-state index in [0.29, 0.717) is 12.1 Å². The third kappa shape index (κ3) is 2.84. The van der Waals surface area contributed by atoms with Crippen molar-refractivity contribution in [2.45, 2.75) is 19.8 Å². The fraction of sp³-hybridized carbons (Fsp3) is 0.333. The van der Waals surface area contributed by atoms with Crippen LogP contribution < -0.4 is 0 Å². The summed E-state index contributed by atoms with van der Waals surface area (Å²) >= 11 is 4.99. The number of Topliss-reactive ketones (excluding diaryl/α,β-unsaturated/α-hetero) is 1. The minimum absolute atomic E-state index is 0.119. The van der Waals surface area contributed by atoms with Gasteiger partial charge in [0.2, 0.25) is 0 Å². The molecule has 0 bridgehead atoms. The van der Waals surface area contributed by atoms with Gasteiger partial charge in [0.25, 0.3) is 0 Å². The van der Waals surface area contributed by atoms with Gasteiger partial charge in [-0.1, -0.05) is 6.92 Å². The molecule has 0 N–H and O–H groups in total. The Morgan fingerprint density at radius 2 is 2.29 bits per heavy atom. The molecule has 2 aromatic heterocycles. The smallest absolute Gasteiger partial charge is 0.186 e. The zero-order valence-corrected chi connectivity index (χ0v) is 12.1. The van der Waals surface area contributed by atoms with Gasteiger partial charge in [-0.15, -0.1) is 11.3 Å². The maximum Gasteiger partial charge on any atom is 0.186 e. The highest BCUT2D eigenvalue weighted by molar-refractivity contribution is 9.11. The van der Waals surface area contributed by atoms with E-state index < -0.39 is 0 Å². The van der Waals surface area contributed by atoms with Crippen LogP contribution in [0.15, 0.2) is 22.0 Å². The molecule has 0 unspecified atom stereocenters. The predicted octanol–water partition coefficient (Wildman–Crippen LogP) is 3.23. The molecule has 0 aliphatic rings. The van der Waals surface area contributed by atoms with Gasteiger partial charge in [0, 0.05) is 18.3 Å². The van der Waals surface area contributed by atoms with Crippen LogP contribution in [0.3, 0.4) is 0 Å². The molecule has 2 aromatic rings. The van der Waals surface area contributed by atoms with Gasteiger partial charge in [0.05, 0.1) is 9.48 Å². The third-order valence-corrected chi connectivity index (χ3v) is 4.17. The van der Waals surface area contributed by atoms with E-state index in [2.05, 4.69) is 21.0 Å². The first kappa shape index (κ1) is 12.5. The number of aromatic nitrogens is 2. The zero-order valence-electron chi connectivity index (χ0n) is 9.74. The predicted molar refractivity (Wildman–Crippen MR) is 72.6 cm³/mol. The van der Waals surface area contributed by atoms with Crippen LogP contribution in [0, 0.1) is 0 Å². The molecular weight excluding hydrogens is 300 g/mol. The number of nitrogens with zero attached hydrogens (tertiary/aromatic N) is 2. The Morgan fingerprint density at radius 3 is 2.82 bits per heavy atom. The minimum atomic E-state index is 0.119. The summed E-state index contributed by atoms with van der Waals surface area (Å²) in [7, 11) is 1.82. The summed E-state index contributed by atoms with van der Waals surface area (Å²) in [5.41, 5.74) is 1.65. The molecule has 0 aliphatic carbocycles. The van der Waals surface area contributed by atoms with Crippen LogP contribution in [0.4, 0.5) is 0 Å². The van der Waals surface area contributed by atoms with Gasteiger partial charge < -0.3 is 0 Å². The number of carbonyl (C=O) groups is 1. The van der Waals surface area contributed by atoms with E-state index in [1.54, 1.807) is 16.0 Å². The molecule has 0 atom stereocenters. The van der Waals surface area contributed by atoms with Crippen molar-refractivity contribution < 1.29 is 4.79 Å². The number of aryl methyl sites for hydroxylation is 2. The Balaban J connectivity index is 2.16. The number of carbonyl (C=O) groups excluding carboxylic acids is 1. The third-order valence-electron chi connectivity index (χ3n) is 2.54. The van der Waals surface area contributed by atoms with Crippen LogP contribution in [-0.2, 0) is 19.9 Å². The molecule has 0 aliphatic heterocycles. The van der Waals surface area contributed by atoms with Crippen molar-refractivity contribution in [3.8, 4) is 0 Å². The van der Waals surface area contributed by atoms with Crippen molar-refractivity contribution >= 4 is 33.0 Å². The monoisotopic (exact) mass is 312 g/mol. The number of hydrogen-bond donors (Lipinski definition) is 0. The zero-order chi connectivity index (χ0) is 12.4. The molecule has 0 fully saturated rings. The Kier molecular flexibility index (Phi) is 3.79. The lowest BCUT2D eigenvalue weighted by atomic mass is 10.1. The molecule has 0 radical (unpaired) electrons. The number of thiophene rings is 1. The molecule has 0 saturated carbocycles. The van der Waals surface area contributed by atoms with Crippen LogP contribution in [0.1, 0.15) is 28.0 Å². The topological polar surface area (TPSA) is 34.9 Å². The molecule has 5 heteroatoms. The van der Waals surface area contributed by atoms with Crippen LogP contribution in [0.5, 0.6) is 0 Å². The normalized spacial score (nSPS) is 10.8. The van der Waals surface area contributed by atoms with Gasteiger partial charge in [0.1, 0.15) is 5.69 Å². The lowest BCUT2D eigenvalue weighted by Crippen LogP contribution is -2.08. The summed E-state index contributed by atoms with van der Waals surface area (Å²) in [5.74, 6) is 0.119. The van der Waals surface area contributed by atoms with Crippen LogP contribution in [-0.4, -0.2) is 15.6 Å². The quantitative estimate of drug-likeness (QED) is 0.812. The molecule has 0 aromatic carbocycles. The standard InChI is InChI=1S/C12H13BrN2OS/c1-3-8-6-10(15(2)14-8)11(16)7-9-4-5-12(13)17-9/h4-6H,3,7H2,1-2H3. The van der Waals surface area contributed by atoms with Gasteiger partial charge in [-0.2, -0.15) is 5.10 Å². The van der Waals surface area contributed by atoms with Crippen molar-refractivity contribution in [1.82, 2.24) is 9.78 Å². The Bertz CT molecular complexity index is 544. The van der Waals surface area contributed by atoms with E-state index >= 15 is 0 Å². The van der Waals surface area contributed by atoms with Gasteiger partial charge >= 0.3 is 0 Å². The summed E-state index contributed by atoms with van der Waals surface area (Å²) in [6.45, 7) is 2.03. The minimum Gasteiger partial charge on any atom is -0.292 e. The number of halogens is 1. The van der Waals surface area contributed by atoms with E-state index in [-0.39, 0.29) is 5.78 Å². The molecule has 90 valence electrons. The maximum absolute atomic E-state index is 12.1. The van der Waals surface area contributed by atoms with Gasteiger partial charge in [-0.05, 0) is 40.5 Å². The molecule has 3 nitrogen and oxygen atoms in total. The number of hydrogen-bond acceptors (Lipinski definition) is 3. The maximum atomic E-state index is 12.1. The van der Waals surface area contributed by atoms with Gasteiger partial charge in [-0.3, -0.25) is 9.48 Å². The van der Waals surface area contributed by atoms with E-state index in [1.165, 1.54) is 0 Å². The molecule has 0 spiro atoms. The molecule has 2 heterocycles. The second-order valence-electron chi connectivity index (χ2n) is 3.80. The highest BCUT2D eigenvalue weighted by atomic mass is 79.9. The molecule has 2 rings (SSSR count). The van der Waals surface area contributed by atoms with Crippen LogP contribution >= 0.6 is 27.3 Å². The largest absolute Gasteiger partial charge is 0.292 e. The van der Waals surface area contributed by atoms with Gasteiger partial charge in [0.15, 0.2) is 5.78 Å². The van der Waals surface area contributed by atoms with Crippen LogP contribution in [0.25, 0.3) is 0 Å². The van der Waals surface area contributed by atoms with E-state index in [4.69, 9.17) is 0 Å². The summed E-state index contributed by atoms with van der Waals surface area (Å²) < 4.78 is 2.73. The number of rotatable bonds is 4. The van der Waals surface area contributed by atoms with Gasteiger partial charge in [-0.25, -0.2) is 0 Å². The first-order chi connectivity index (χ1) is 8.10. The number of ketones is 1. The fourth-order valence-corrected chi connectivity index (χ4v) is 3.14. The molecular formula is C12H13BrN2OS. The van der Waals surface area contributed by atoms with Crippen molar-refractivity contribution in [3.63, 3.8) is 0 Å². The molecule has 17 heavy (non-hydrogen) atoms. The lowest BCUT2D eigenvalue weighted by molar-refractivity contribution is 0.0985. The Hall–Kier alpha value is -0.940. The van der Waals surface area contributed by atoms with Crippen molar-refractivity contribution in [3.05, 3.63) is 38.3 Å². The summed E-state index contributed by atoms with van der Waals surface area (Å²) in [6, 6.07) is 5.82. The Morgan fingerprint density at radius 1 is 1.53 bits per heavy atom. The molecule has 0 amide bonds. The Labute approximate surface area is 113 Å². The van der Waals surface area contributed by atoms with E-state index in [0.717, 1.165) is 20.8 Å². The lowest BCUT2D eigenvalue weighted by Gasteiger charge is -1.98. The molecule has 0 saturated heterocycles. The summed E-state index contributed by atoms with van der Waals surface area (Å²) in [6.07, 6.45) is 1.30. The first-order valence-electron chi connectivity index (χ1n) is 5.40. The highest BCUT2D eigenvalue weighted by Crippen LogP contribution is 2.23. The first-order valence-corrected chi connectivity index (χ1v) is 7.01. The summed E-state index contributed by atoms with van der Waals surface area (Å²) in [5, 5.41) is 4.29. The second-order valence-corrected chi connectivity index (χ2v) is 6.35. The summed E-state index contributed by atoms with van der Waals surface area (Å²) in [4.78, 5) is 13.2. The van der Waals surface area contributed by atoms with E-state index in [9.17, 15) is 4.79 Å². The SMILES string of the molecule is CCc1cc(C(=O)Cc2ccc(Br)s2)n(C)n1. The van der Waals surface area contributed by atoms with Crippen molar-refractivity contribution in [2.24, 2.45) is 7.05 Å². The van der Waals surface area contributed by atoms with Crippen molar-refractivity contribution in [2.75, 3.05) is 0 Å². The van der Waals surface area contributed by atoms with Crippen molar-refractivity contribution in [1.29, 1.82) is 0 Å².